The number of halogens is 1. The van der Waals surface area contributed by atoms with Crippen LogP contribution in [0.15, 0.2) is 59.1 Å². The molecule has 0 spiro atoms. The van der Waals surface area contributed by atoms with E-state index < -0.39 is 16.4 Å². The number of nitro groups is 1. The second-order valence-electron chi connectivity index (χ2n) is 5.46. The van der Waals surface area contributed by atoms with E-state index in [-0.39, 0.29) is 24.4 Å². The summed E-state index contributed by atoms with van der Waals surface area (Å²) < 4.78 is 18.9. The van der Waals surface area contributed by atoms with Gasteiger partial charge in [0.05, 0.1) is 11.1 Å². The van der Waals surface area contributed by atoms with Crippen molar-refractivity contribution in [3.63, 3.8) is 0 Å². The molecule has 0 aliphatic rings. The zero-order valence-corrected chi connectivity index (χ0v) is 13.5. The van der Waals surface area contributed by atoms with Gasteiger partial charge >= 0.3 is 5.69 Å². The second kappa shape index (κ2) is 7.56. The van der Waals surface area contributed by atoms with E-state index in [4.69, 9.17) is 4.42 Å². The monoisotopic (exact) mass is 355 g/mol. The summed E-state index contributed by atoms with van der Waals surface area (Å²) in [5.74, 6) is -0.328. The SMILES string of the molecule is O=C(CCc1ncc(-c2ccccc2)o1)Nc1ccc(F)c([N+](=O)[O-])c1. The average Bonchev–Trinajstić information content (AvgIpc) is 3.11. The molecule has 0 bridgehead atoms. The molecule has 7 nitrogen and oxygen atoms in total. The van der Waals surface area contributed by atoms with Gasteiger partial charge in [-0.15, -0.1) is 0 Å². The molecular weight excluding hydrogens is 341 g/mol. The predicted molar refractivity (Wildman–Crippen MR) is 91.9 cm³/mol. The Morgan fingerprint density at radius 3 is 2.73 bits per heavy atom. The minimum absolute atomic E-state index is 0.0694. The van der Waals surface area contributed by atoms with Crippen molar-refractivity contribution < 1.29 is 18.5 Å². The number of hydrogen-bond donors (Lipinski definition) is 1. The van der Waals surface area contributed by atoms with Crippen LogP contribution in [0.2, 0.25) is 0 Å². The smallest absolute Gasteiger partial charge is 0.306 e. The number of aromatic nitrogens is 1. The van der Waals surface area contributed by atoms with Crippen molar-refractivity contribution in [3.05, 3.63) is 76.6 Å². The molecule has 0 fully saturated rings. The zero-order chi connectivity index (χ0) is 18.5. The molecule has 3 rings (SSSR count). The first-order valence-corrected chi connectivity index (χ1v) is 7.77. The molecular formula is C18H14FN3O4. The van der Waals surface area contributed by atoms with Gasteiger partial charge in [0.1, 0.15) is 0 Å². The normalized spacial score (nSPS) is 10.5. The second-order valence-corrected chi connectivity index (χ2v) is 5.46. The molecule has 26 heavy (non-hydrogen) atoms. The van der Waals surface area contributed by atoms with Crippen molar-refractivity contribution in [3.8, 4) is 11.3 Å². The highest BCUT2D eigenvalue weighted by molar-refractivity contribution is 5.91. The number of nitro benzene ring substituents is 1. The first-order valence-electron chi connectivity index (χ1n) is 7.77. The molecule has 0 atom stereocenters. The molecule has 0 aliphatic carbocycles. The van der Waals surface area contributed by atoms with Crippen molar-refractivity contribution in [2.45, 2.75) is 12.8 Å². The summed E-state index contributed by atoms with van der Waals surface area (Å²) in [6.07, 6.45) is 1.92. The lowest BCUT2D eigenvalue weighted by Crippen LogP contribution is -2.12. The molecule has 1 amide bonds. The Hall–Kier alpha value is -3.55. The first-order chi connectivity index (χ1) is 12.5. The van der Waals surface area contributed by atoms with Crippen molar-refractivity contribution in [1.82, 2.24) is 4.98 Å². The van der Waals surface area contributed by atoms with Crippen LogP contribution < -0.4 is 5.32 Å². The van der Waals surface area contributed by atoms with Crippen LogP contribution in [0.1, 0.15) is 12.3 Å². The molecule has 0 saturated heterocycles. The summed E-state index contributed by atoms with van der Waals surface area (Å²) in [6.45, 7) is 0. The molecule has 1 N–H and O–H groups in total. The molecule has 3 aromatic rings. The maximum absolute atomic E-state index is 13.3. The quantitative estimate of drug-likeness (QED) is 0.533. The summed E-state index contributed by atoms with van der Waals surface area (Å²) in [5.41, 5.74) is 0.345. The lowest BCUT2D eigenvalue weighted by atomic mass is 10.2. The van der Waals surface area contributed by atoms with Gasteiger partial charge < -0.3 is 9.73 Å². The van der Waals surface area contributed by atoms with E-state index in [1.165, 1.54) is 6.07 Å². The number of oxazole rings is 1. The Kier molecular flexibility index (Phi) is 5.02. The van der Waals surface area contributed by atoms with E-state index in [1.54, 1.807) is 6.20 Å². The highest BCUT2D eigenvalue weighted by Gasteiger charge is 2.15. The van der Waals surface area contributed by atoms with Crippen molar-refractivity contribution >= 4 is 17.3 Å². The average molecular weight is 355 g/mol. The van der Waals surface area contributed by atoms with Crippen LogP contribution in [-0.4, -0.2) is 15.8 Å². The fourth-order valence-corrected chi connectivity index (χ4v) is 2.34. The maximum atomic E-state index is 13.3. The Morgan fingerprint density at radius 2 is 2.00 bits per heavy atom. The Labute approximate surface area is 147 Å². The number of carbonyl (C=O) groups is 1. The number of anilines is 1. The standard InChI is InChI=1S/C18H14FN3O4/c19-14-7-6-13(10-15(14)22(24)25)21-17(23)8-9-18-20-11-16(26-18)12-4-2-1-3-5-12/h1-7,10-11H,8-9H2,(H,21,23). The van der Waals surface area contributed by atoms with Gasteiger partial charge in [-0.25, -0.2) is 4.98 Å². The molecule has 2 aromatic carbocycles. The summed E-state index contributed by atoms with van der Waals surface area (Å²) in [5, 5.41) is 13.2. The lowest BCUT2D eigenvalue weighted by molar-refractivity contribution is -0.387. The Morgan fingerprint density at radius 1 is 1.23 bits per heavy atom. The zero-order valence-electron chi connectivity index (χ0n) is 13.5. The molecule has 1 heterocycles. The molecule has 132 valence electrons. The van der Waals surface area contributed by atoms with Gasteiger partial charge in [0.15, 0.2) is 11.7 Å². The number of hydrogen-bond acceptors (Lipinski definition) is 5. The molecule has 8 heteroatoms. The first kappa shape index (κ1) is 17.3. The fourth-order valence-electron chi connectivity index (χ4n) is 2.34. The summed E-state index contributed by atoms with van der Waals surface area (Å²) in [4.78, 5) is 26.0. The van der Waals surface area contributed by atoms with E-state index in [1.807, 2.05) is 30.3 Å². The van der Waals surface area contributed by atoms with Crippen LogP contribution in [0.5, 0.6) is 0 Å². The topological polar surface area (TPSA) is 98.3 Å². The molecule has 1 aromatic heterocycles. The molecule has 0 radical (unpaired) electrons. The Bertz CT molecular complexity index is 941. The van der Waals surface area contributed by atoms with Crippen LogP contribution in [0.3, 0.4) is 0 Å². The third-order valence-corrected chi connectivity index (χ3v) is 3.60. The number of carbonyl (C=O) groups excluding carboxylic acids is 1. The van der Waals surface area contributed by atoms with Gasteiger partial charge in [-0.2, -0.15) is 4.39 Å². The molecule has 0 saturated carbocycles. The van der Waals surface area contributed by atoms with E-state index in [9.17, 15) is 19.3 Å². The van der Waals surface area contributed by atoms with Gasteiger partial charge in [0.2, 0.25) is 11.7 Å². The molecule has 0 aliphatic heterocycles. The van der Waals surface area contributed by atoms with Gasteiger partial charge in [-0.3, -0.25) is 14.9 Å². The lowest BCUT2D eigenvalue weighted by Gasteiger charge is -2.04. The van der Waals surface area contributed by atoms with Crippen LogP contribution in [-0.2, 0) is 11.2 Å². The summed E-state index contributed by atoms with van der Waals surface area (Å²) >= 11 is 0. The van der Waals surface area contributed by atoms with Gasteiger partial charge in [-0.05, 0) is 12.1 Å². The highest BCUT2D eigenvalue weighted by Crippen LogP contribution is 2.22. The number of aryl methyl sites for hydroxylation is 1. The predicted octanol–water partition coefficient (Wildman–Crippen LogP) is 3.96. The maximum Gasteiger partial charge on any atom is 0.306 e. The Balaban J connectivity index is 1.59. The van der Waals surface area contributed by atoms with E-state index in [0.717, 1.165) is 17.7 Å². The van der Waals surface area contributed by atoms with Crippen molar-refractivity contribution in [2.24, 2.45) is 0 Å². The summed E-state index contributed by atoms with van der Waals surface area (Å²) in [6, 6.07) is 12.6. The van der Waals surface area contributed by atoms with E-state index in [2.05, 4.69) is 10.3 Å². The van der Waals surface area contributed by atoms with Crippen LogP contribution in [0.4, 0.5) is 15.8 Å². The highest BCUT2D eigenvalue weighted by atomic mass is 19.1. The van der Waals surface area contributed by atoms with E-state index in [0.29, 0.717) is 11.7 Å². The number of nitrogens with one attached hydrogen (secondary N) is 1. The largest absolute Gasteiger partial charge is 0.441 e. The van der Waals surface area contributed by atoms with Crippen LogP contribution in [0, 0.1) is 15.9 Å². The number of benzene rings is 2. The number of rotatable bonds is 6. The van der Waals surface area contributed by atoms with Gasteiger partial charge in [-0.1, -0.05) is 30.3 Å². The van der Waals surface area contributed by atoms with E-state index >= 15 is 0 Å². The minimum Gasteiger partial charge on any atom is -0.441 e. The molecule has 0 unspecified atom stereocenters. The van der Waals surface area contributed by atoms with Gasteiger partial charge in [0.25, 0.3) is 0 Å². The fraction of sp³-hybridized carbons (Fsp3) is 0.111. The minimum atomic E-state index is -0.957. The van der Waals surface area contributed by atoms with Gasteiger partial charge in [0, 0.05) is 30.2 Å². The number of nitrogens with zero attached hydrogens (tertiary/aromatic N) is 2. The number of amides is 1. The van der Waals surface area contributed by atoms with Crippen LogP contribution >= 0.6 is 0 Å². The van der Waals surface area contributed by atoms with Crippen molar-refractivity contribution in [1.29, 1.82) is 0 Å². The third-order valence-electron chi connectivity index (χ3n) is 3.60. The van der Waals surface area contributed by atoms with Crippen LogP contribution in [0.25, 0.3) is 11.3 Å². The third kappa shape index (κ3) is 4.10. The summed E-state index contributed by atoms with van der Waals surface area (Å²) in [7, 11) is 0. The van der Waals surface area contributed by atoms with Crippen molar-refractivity contribution in [2.75, 3.05) is 5.32 Å².